The predicted molar refractivity (Wildman–Crippen MR) is 131 cm³/mol. The fourth-order valence-electron chi connectivity index (χ4n) is 4.07. The van der Waals surface area contributed by atoms with Gasteiger partial charge in [-0.25, -0.2) is 9.37 Å². The Morgan fingerprint density at radius 3 is 2.29 bits per heavy atom. The molecule has 194 valence electrons. The van der Waals surface area contributed by atoms with E-state index in [-0.39, 0.29) is 13.1 Å². The Labute approximate surface area is 213 Å². The maximum absolute atomic E-state index is 13.7. The van der Waals surface area contributed by atoms with Crippen LogP contribution in [-0.2, 0) is 25.8 Å². The van der Waals surface area contributed by atoms with E-state index in [9.17, 15) is 22.4 Å². The highest BCUT2D eigenvalue weighted by Gasteiger charge is 2.39. The summed E-state index contributed by atoms with van der Waals surface area (Å²) in [5.74, 6) is -0.969. The number of hydrogen-bond acceptors (Lipinski definition) is 5. The van der Waals surface area contributed by atoms with Crippen LogP contribution in [0.25, 0.3) is 10.8 Å². The number of halogens is 4. The van der Waals surface area contributed by atoms with Gasteiger partial charge in [0.25, 0.3) is 5.91 Å². The van der Waals surface area contributed by atoms with E-state index in [1.165, 1.54) is 10.9 Å². The fraction of sp³-hybridized carbons (Fsp3) is 0.154. The van der Waals surface area contributed by atoms with E-state index in [1.807, 2.05) is 0 Å². The molecule has 0 radical (unpaired) electrons. The van der Waals surface area contributed by atoms with Crippen LogP contribution in [-0.4, -0.2) is 30.5 Å². The molecule has 38 heavy (non-hydrogen) atoms. The second-order valence-corrected chi connectivity index (χ2v) is 8.69. The van der Waals surface area contributed by atoms with Gasteiger partial charge < -0.3 is 11.1 Å². The highest BCUT2D eigenvalue weighted by atomic mass is 19.4. The van der Waals surface area contributed by atoms with Crippen molar-refractivity contribution in [1.82, 2.24) is 29.9 Å². The summed E-state index contributed by atoms with van der Waals surface area (Å²) in [7, 11) is 0. The summed E-state index contributed by atoms with van der Waals surface area (Å²) in [6, 6.07) is 14.0. The first-order valence-electron chi connectivity index (χ1n) is 11.5. The van der Waals surface area contributed by atoms with Crippen molar-refractivity contribution in [2.45, 2.75) is 25.8 Å². The first-order chi connectivity index (χ1) is 18.2. The molecule has 8 nitrogen and oxygen atoms in total. The molecule has 0 spiro atoms. The number of pyridine rings is 1. The summed E-state index contributed by atoms with van der Waals surface area (Å²) in [4.78, 5) is 16.8. The third-order valence-electron chi connectivity index (χ3n) is 5.90. The second-order valence-electron chi connectivity index (χ2n) is 8.69. The van der Waals surface area contributed by atoms with E-state index in [0.717, 1.165) is 33.4 Å². The molecule has 5 aromatic rings. The van der Waals surface area contributed by atoms with Crippen molar-refractivity contribution in [3.63, 3.8) is 0 Å². The smallest absolute Gasteiger partial charge is 0.383 e. The van der Waals surface area contributed by atoms with Crippen LogP contribution in [0.5, 0.6) is 0 Å². The quantitative estimate of drug-likeness (QED) is 0.308. The molecule has 3 aromatic heterocycles. The Balaban J connectivity index is 1.29. The number of nitrogens with two attached hydrogens (primary N) is 1. The zero-order chi connectivity index (χ0) is 26.9. The molecule has 3 heterocycles. The summed E-state index contributed by atoms with van der Waals surface area (Å²) >= 11 is 0. The van der Waals surface area contributed by atoms with E-state index in [1.54, 1.807) is 54.7 Å². The highest BCUT2D eigenvalue weighted by Crippen LogP contribution is 2.31. The predicted octanol–water partition coefficient (Wildman–Crippen LogP) is 4.39. The SMILES string of the molecule is Nc1nccc2cc(CNC(=O)c3cn(Cc4ccc(Cn5cc(F)cn5)cc4)nc3C(F)(F)F)ccc12. The average Bonchev–Trinajstić information content (AvgIpc) is 3.50. The number of fused-ring (bicyclic) bond motifs is 1. The lowest BCUT2D eigenvalue weighted by atomic mass is 10.1. The van der Waals surface area contributed by atoms with Crippen molar-refractivity contribution >= 4 is 22.5 Å². The molecule has 3 N–H and O–H groups in total. The molecule has 0 atom stereocenters. The van der Waals surface area contributed by atoms with Crippen LogP contribution in [0.4, 0.5) is 23.4 Å². The van der Waals surface area contributed by atoms with Gasteiger partial charge >= 0.3 is 6.18 Å². The minimum absolute atomic E-state index is 0.0150. The normalized spacial score (nSPS) is 11.7. The lowest BCUT2D eigenvalue weighted by molar-refractivity contribution is -0.141. The molecule has 0 aliphatic rings. The number of alkyl halides is 3. The van der Waals surface area contributed by atoms with Crippen LogP contribution in [0, 0.1) is 5.82 Å². The maximum Gasteiger partial charge on any atom is 0.435 e. The Morgan fingerprint density at radius 1 is 0.947 bits per heavy atom. The van der Waals surface area contributed by atoms with Gasteiger partial charge in [-0.1, -0.05) is 36.4 Å². The maximum atomic E-state index is 13.7. The van der Waals surface area contributed by atoms with Gasteiger partial charge in [0.1, 0.15) is 5.82 Å². The van der Waals surface area contributed by atoms with Gasteiger partial charge in [-0.2, -0.15) is 23.4 Å². The van der Waals surface area contributed by atoms with Crippen LogP contribution in [0.1, 0.15) is 32.7 Å². The number of anilines is 1. The molecule has 0 aliphatic carbocycles. The number of amides is 1. The summed E-state index contributed by atoms with van der Waals surface area (Å²) in [5, 5.41) is 11.6. The Kier molecular flexibility index (Phi) is 6.53. The second kappa shape index (κ2) is 9.96. The van der Waals surface area contributed by atoms with Crippen molar-refractivity contribution in [2.75, 3.05) is 5.73 Å². The molecule has 0 saturated carbocycles. The minimum atomic E-state index is -4.81. The van der Waals surface area contributed by atoms with Gasteiger partial charge in [0.15, 0.2) is 11.5 Å². The van der Waals surface area contributed by atoms with Gasteiger partial charge in [0, 0.05) is 24.3 Å². The molecule has 0 bridgehead atoms. The van der Waals surface area contributed by atoms with Crippen LogP contribution in [0.2, 0.25) is 0 Å². The largest absolute Gasteiger partial charge is 0.435 e. The zero-order valence-corrected chi connectivity index (χ0v) is 19.8. The van der Waals surface area contributed by atoms with E-state index in [4.69, 9.17) is 5.73 Å². The number of benzene rings is 2. The molecule has 2 aromatic carbocycles. The number of nitrogen functional groups attached to an aromatic ring is 1. The third-order valence-corrected chi connectivity index (χ3v) is 5.90. The number of hydrogen-bond donors (Lipinski definition) is 2. The number of carbonyl (C=O) groups is 1. The van der Waals surface area contributed by atoms with Crippen molar-refractivity contribution in [2.24, 2.45) is 0 Å². The summed E-state index contributed by atoms with van der Waals surface area (Å²) in [5.41, 5.74) is 6.22. The highest BCUT2D eigenvalue weighted by molar-refractivity contribution is 5.95. The molecular formula is C26H21F4N7O. The molecule has 5 rings (SSSR count). The van der Waals surface area contributed by atoms with Gasteiger partial charge in [-0.15, -0.1) is 0 Å². The van der Waals surface area contributed by atoms with Crippen molar-refractivity contribution in [3.05, 3.63) is 107 Å². The van der Waals surface area contributed by atoms with Crippen LogP contribution in [0.15, 0.2) is 73.3 Å². The number of carbonyl (C=O) groups excluding carboxylic acids is 1. The summed E-state index contributed by atoms with van der Waals surface area (Å²) in [6.45, 7) is 0.379. The van der Waals surface area contributed by atoms with Gasteiger partial charge in [0.2, 0.25) is 0 Å². The van der Waals surface area contributed by atoms with Gasteiger partial charge in [-0.05, 0) is 34.2 Å². The fourth-order valence-corrected chi connectivity index (χ4v) is 4.07. The molecule has 0 fully saturated rings. The topological polar surface area (TPSA) is 104 Å². The first-order valence-corrected chi connectivity index (χ1v) is 11.5. The molecule has 0 aliphatic heterocycles. The summed E-state index contributed by atoms with van der Waals surface area (Å²) in [6.07, 6.45) is 0.196. The van der Waals surface area contributed by atoms with E-state index < -0.39 is 29.2 Å². The minimum Gasteiger partial charge on any atom is -0.383 e. The molecule has 12 heteroatoms. The monoisotopic (exact) mass is 523 g/mol. The lowest BCUT2D eigenvalue weighted by Crippen LogP contribution is -2.25. The lowest BCUT2D eigenvalue weighted by Gasteiger charge is -2.08. The first kappa shape index (κ1) is 24.9. The number of aromatic nitrogens is 5. The van der Waals surface area contributed by atoms with E-state index in [2.05, 4.69) is 20.5 Å². The summed E-state index contributed by atoms with van der Waals surface area (Å²) < 4.78 is 56.7. The zero-order valence-electron chi connectivity index (χ0n) is 19.8. The number of nitrogens with one attached hydrogen (secondary N) is 1. The third kappa shape index (κ3) is 5.48. The van der Waals surface area contributed by atoms with Crippen molar-refractivity contribution in [1.29, 1.82) is 0 Å². The van der Waals surface area contributed by atoms with Crippen molar-refractivity contribution in [3.8, 4) is 0 Å². The molecule has 0 saturated heterocycles. The molecule has 1 amide bonds. The number of nitrogens with zero attached hydrogens (tertiary/aromatic N) is 5. The van der Waals surface area contributed by atoms with Crippen LogP contribution in [0.3, 0.4) is 0 Å². The molecule has 0 unspecified atom stereocenters. The average molecular weight is 523 g/mol. The van der Waals surface area contributed by atoms with E-state index >= 15 is 0 Å². The van der Waals surface area contributed by atoms with Gasteiger partial charge in [-0.3, -0.25) is 14.2 Å². The Bertz CT molecular complexity index is 1610. The van der Waals surface area contributed by atoms with Gasteiger partial charge in [0.05, 0.1) is 31.0 Å². The van der Waals surface area contributed by atoms with Crippen LogP contribution >= 0.6 is 0 Å². The Morgan fingerprint density at radius 2 is 1.63 bits per heavy atom. The standard InChI is InChI=1S/C26H21F4N7O/c27-20-11-34-36(14-20)12-16-1-3-17(4-2-16)13-37-15-22(23(35-37)26(28,29)30)25(38)33-10-18-5-6-21-19(9-18)7-8-32-24(21)31/h1-9,11,14-15H,10,12-13H2,(H2,31,32)(H,33,38). The molecular weight excluding hydrogens is 502 g/mol. The Hall–Kier alpha value is -4.74. The van der Waals surface area contributed by atoms with Crippen molar-refractivity contribution < 1.29 is 22.4 Å². The van der Waals surface area contributed by atoms with E-state index in [0.29, 0.717) is 23.5 Å². The van der Waals surface area contributed by atoms with Crippen LogP contribution < -0.4 is 11.1 Å². The number of rotatable bonds is 7.